The Balaban J connectivity index is 2.22. The average molecular weight is 327 g/mol. The van der Waals surface area contributed by atoms with Crippen molar-refractivity contribution in [2.45, 2.75) is 32.4 Å². The molecule has 1 fully saturated rings. The highest BCUT2D eigenvalue weighted by molar-refractivity contribution is 9.10. The Hall–Kier alpha value is -0.740. The van der Waals surface area contributed by atoms with Gasteiger partial charge in [-0.3, -0.25) is 0 Å². The molecule has 1 aromatic rings. The number of methoxy groups -OCH3 is 1. The Morgan fingerprint density at radius 2 is 2.11 bits per heavy atom. The number of halogens is 1. The molecule has 0 aliphatic carbocycles. The van der Waals surface area contributed by atoms with Crippen LogP contribution in [0.5, 0.6) is 5.75 Å². The summed E-state index contributed by atoms with van der Waals surface area (Å²) in [7, 11) is 3.77. The molecule has 0 aromatic heterocycles. The molecule has 19 heavy (non-hydrogen) atoms. The quantitative estimate of drug-likeness (QED) is 0.922. The third-order valence-electron chi connectivity index (χ3n) is 4.41. The Morgan fingerprint density at radius 1 is 1.37 bits per heavy atom. The lowest BCUT2D eigenvalue weighted by atomic mass is 9.87. The molecule has 0 bridgehead atoms. The topological polar surface area (TPSA) is 24.5 Å². The van der Waals surface area contributed by atoms with Gasteiger partial charge in [-0.15, -0.1) is 0 Å². The van der Waals surface area contributed by atoms with Crippen molar-refractivity contribution in [1.29, 1.82) is 0 Å². The second-order valence-electron chi connectivity index (χ2n) is 5.30. The zero-order chi connectivity index (χ0) is 14.0. The first-order valence-corrected chi connectivity index (χ1v) is 7.65. The minimum atomic E-state index is 0.525. The van der Waals surface area contributed by atoms with Crippen molar-refractivity contribution in [3.63, 3.8) is 0 Å². The number of nitrogens with zero attached hydrogens (tertiary/aromatic N) is 1. The van der Waals surface area contributed by atoms with Gasteiger partial charge in [0.1, 0.15) is 5.75 Å². The molecule has 1 heterocycles. The van der Waals surface area contributed by atoms with Crippen molar-refractivity contribution in [3.8, 4) is 5.75 Å². The number of ether oxygens (including phenoxy) is 1. The minimum Gasteiger partial charge on any atom is -0.495 e. The number of benzene rings is 1. The highest BCUT2D eigenvalue weighted by Gasteiger charge is 2.31. The van der Waals surface area contributed by atoms with Crippen LogP contribution in [0.1, 0.15) is 20.3 Å². The first-order chi connectivity index (χ1) is 9.08. The molecule has 0 amide bonds. The molecule has 106 valence electrons. The van der Waals surface area contributed by atoms with E-state index in [2.05, 4.69) is 65.2 Å². The summed E-state index contributed by atoms with van der Waals surface area (Å²) in [5.41, 5.74) is 1.24. The van der Waals surface area contributed by atoms with Crippen LogP contribution in [0.25, 0.3) is 0 Å². The normalized spacial score (nSPS) is 27.4. The van der Waals surface area contributed by atoms with E-state index in [1.165, 1.54) is 12.1 Å². The molecule has 0 spiro atoms. The van der Waals surface area contributed by atoms with Gasteiger partial charge in [0.2, 0.25) is 0 Å². The van der Waals surface area contributed by atoms with Gasteiger partial charge in [-0.2, -0.15) is 0 Å². The Bertz CT molecular complexity index is 438. The zero-order valence-electron chi connectivity index (χ0n) is 12.1. The second kappa shape index (κ2) is 6.14. The van der Waals surface area contributed by atoms with Crippen LogP contribution in [-0.4, -0.2) is 32.8 Å². The lowest BCUT2D eigenvalue weighted by molar-refractivity contribution is 0.282. The molecule has 3 atom stereocenters. The fourth-order valence-corrected chi connectivity index (χ4v) is 3.37. The Morgan fingerprint density at radius 3 is 2.74 bits per heavy atom. The van der Waals surface area contributed by atoms with Crippen LogP contribution in [-0.2, 0) is 0 Å². The van der Waals surface area contributed by atoms with Crippen LogP contribution in [0, 0.1) is 5.92 Å². The summed E-state index contributed by atoms with van der Waals surface area (Å²) in [4.78, 5) is 2.48. The number of rotatable bonds is 3. The predicted molar refractivity (Wildman–Crippen MR) is 84.1 cm³/mol. The Labute approximate surface area is 124 Å². The fraction of sp³-hybridized carbons (Fsp3) is 0.600. The number of hydrogen-bond donors (Lipinski definition) is 1. The van der Waals surface area contributed by atoms with E-state index in [9.17, 15) is 0 Å². The fourth-order valence-electron chi connectivity index (χ4n) is 2.96. The van der Waals surface area contributed by atoms with E-state index in [0.717, 1.165) is 16.8 Å². The molecule has 3 unspecified atom stereocenters. The van der Waals surface area contributed by atoms with Gasteiger partial charge in [0.25, 0.3) is 0 Å². The molecule has 0 radical (unpaired) electrons. The smallest absolute Gasteiger partial charge is 0.135 e. The zero-order valence-corrected chi connectivity index (χ0v) is 13.7. The summed E-state index contributed by atoms with van der Waals surface area (Å²) in [6.07, 6.45) is 1.18. The molecular weight excluding hydrogens is 304 g/mol. The van der Waals surface area contributed by atoms with E-state index in [-0.39, 0.29) is 0 Å². The van der Waals surface area contributed by atoms with E-state index >= 15 is 0 Å². The van der Waals surface area contributed by atoms with Crippen molar-refractivity contribution in [1.82, 2.24) is 5.32 Å². The SMILES string of the molecule is CNC1CCN(c2ccc(Br)c(OC)c2)C(C)C1C. The van der Waals surface area contributed by atoms with Crippen LogP contribution in [0.15, 0.2) is 22.7 Å². The average Bonchev–Trinajstić information content (AvgIpc) is 2.43. The Kier molecular flexibility index (Phi) is 4.74. The number of hydrogen-bond acceptors (Lipinski definition) is 3. The van der Waals surface area contributed by atoms with Gasteiger partial charge >= 0.3 is 0 Å². The van der Waals surface area contributed by atoms with E-state index < -0.39 is 0 Å². The number of piperidine rings is 1. The maximum absolute atomic E-state index is 5.39. The molecule has 2 rings (SSSR count). The molecule has 4 heteroatoms. The van der Waals surface area contributed by atoms with Crippen molar-refractivity contribution in [3.05, 3.63) is 22.7 Å². The molecule has 1 N–H and O–H groups in total. The summed E-state index contributed by atoms with van der Waals surface area (Å²) < 4.78 is 6.40. The predicted octanol–water partition coefficient (Wildman–Crippen LogP) is 3.28. The van der Waals surface area contributed by atoms with Crippen LogP contribution >= 0.6 is 15.9 Å². The maximum atomic E-state index is 5.39. The van der Waals surface area contributed by atoms with Gasteiger partial charge in [-0.25, -0.2) is 0 Å². The largest absolute Gasteiger partial charge is 0.495 e. The number of nitrogens with one attached hydrogen (secondary N) is 1. The van der Waals surface area contributed by atoms with E-state index in [1.54, 1.807) is 7.11 Å². The molecule has 0 saturated carbocycles. The van der Waals surface area contributed by atoms with Gasteiger partial charge < -0.3 is 15.0 Å². The summed E-state index contributed by atoms with van der Waals surface area (Å²) in [6.45, 7) is 5.72. The maximum Gasteiger partial charge on any atom is 0.135 e. The first kappa shape index (κ1) is 14.7. The first-order valence-electron chi connectivity index (χ1n) is 6.86. The molecule has 1 saturated heterocycles. The van der Waals surface area contributed by atoms with E-state index in [4.69, 9.17) is 4.74 Å². The van der Waals surface area contributed by atoms with Gasteiger partial charge in [-0.1, -0.05) is 6.92 Å². The van der Waals surface area contributed by atoms with Gasteiger partial charge in [0, 0.05) is 30.4 Å². The second-order valence-corrected chi connectivity index (χ2v) is 6.15. The van der Waals surface area contributed by atoms with Crippen molar-refractivity contribution in [2.24, 2.45) is 5.92 Å². The lowest BCUT2D eigenvalue weighted by Crippen LogP contribution is -2.52. The molecule has 1 aromatic carbocycles. The monoisotopic (exact) mass is 326 g/mol. The van der Waals surface area contributed by atoms with Crippen molar-refractivity contribution in [2.75, 3.05) is 25.6 Å². The van der Waals surface area contributed by atoms with E-state index in [1.807, 2.05) is 0 Å². The van der Waals surface area contributed by atoms with E-state index in [0.29, 0.717) is 18.0 Å². The molecule has 3 nitrogen and oxygen atoms in total. The third-order valence-corrected chi connectivity index (χ3v) is 5.06. The van der Waals surface area contributed by atoms with Crippen LogP contribution in [0.2, 0.25) is 0 Å². The standard InChI is InChI=1S/C15H23BrN2O/c1-10-11(2)18(8-7-14(10)17-3)12-5-6-13(16)15(9-12)19-4/h5-6,9-11,14,17H,7-8H2,1-4H3. The summed E-state index contributed by atoms with van der Waals surface area (Å²) >= 11 is 3.51. The summed E-state index contributed by atoms with van der Waals surface area (Å²) in [6, 6.07) is 7.48. The highest BCUT2D eigenvalue weighted by atomic mass is 79.9. The van der Waals surface area contributed by atoms with Crippen molar-refractivity contribution < 1.29 is 4.74 Å². The minimum absolute atomic E-state index is 0.525. The summed E-state index contributed by atoms with van der Waals surface area (Å²) in [5.74, 6) is 1.53. The highest BCUT2D eigenvalue weighted by Crippen LogP contribution is 2.34. The summed E-state index contributed by atoms with van der Waals surface area (Å²) in [5, 5.41) is 3.43. The molecule has 1 aliphatic rings. The number of anilines is 1. The molecule has 1 aliphatic heterocycles. The van der Waals surface area contributed by atoms with Crippen molar-refractivity contribution >= 4 is 21.6 Å². The van der Waals surface area contributed by atoms with Crippen LogP contribution < -0.4 is 15.0 Å². The van der Waals surface area contributed by atoms with Crippen LogP contribution in [0.4, 0.5) is 5.69 Å². The van der Waals surface area contributed by atoms with Crippen LogP contribution in [0.3, 0.4) is 0 Å². The van der Waals surface area contributed by atoms with Gasteiger partial charge in [0.05, 0.1) is 11.6 Å². The molecular formula is C15H23BrN2O. The lowest BCUT2D eigenvalue weighted by Gasteiger charge is -2.44. The van der Waals surface area contributed by atoms with Gasteiger partial charge in [-0.05, 0) is 54.4 Å². The van der Waals surface area contributed by atoms with Gasteiger partial charge in [0.15, 0.2) is 0 Å². The third kappa shape index (κ3) is 2.90.